The number of nitro groups is 1. The van der Waals surface area contributed by atoms with Crippen molar-refractivity contribution in [2.75, 3.05) is 5.43 Å². The van der Waals surface area contributed by atoms with Crippen LogP contribution in [0.25, 0.3) is 0 Å². The molecule has 1 heterocycles. The van der Waals surface area contributed by atoms with Crippen molar-refractivity contribution in [3.05, 3.63) is 45.3 Å². The molecule has 0 aliphatic carbocycles. The molecule has 2 aromatic rings. The summed E-state index contributed by atoms with van der Waals surface area (Å²) in [6.45, 7) is 5.16. The van der Waals surface area contributed by atoms with Crippen molar-refractivity contribution in [3.8, 4) is 11.6 Å². The number of hydrogen-bond acceptors (Lipinski definition) is 7. The van der Waals surface area contributed by atoms with Gasteiger partial charge in [-0.25, -0.2) is 15.8 Å². The molecule has 0 amide bonds. The zero-order valence-electron chi connectivity index (χ0n) is 11.9. The molecule has 0 fully saturated rings. The minimum atomic E-state index is -0.418. The van der Waals surface area contributed by atoms with Gasteiger partial charge < -0.3 is 10.2 Å². The Hall–Kier alpha value is -2.74. The van der Waals surface area contributed by atoms with Crippen LogP contribution in [-0.2, 0) is 0 Å². The van der Waals surface area contributed by atoms with Crippen molar-refractivity contribution < 1.29 is 9.66 Å². The summed E-state index contributed by atoms with van der Waals surface area (Å²) in [5.74, 6) is 6.65. The molecule has 8 heteroatoms. The van der Waals surface area contributed by atoms with Crippen LogP contribution in [0.2, 0.25) is 0 Å². The third kappa shape index (κ3) is 2.90. The van der Waals surface area contributed by atoms with Gasteiger partial charge in [-0.05, 0) is 32.4 Å². The topological polar surface area (TPSA) is 116 Å². The summed E-state index contributed by atoms with van der Waals surface area (Å²) in [6, 6.07) is 3.09. The van der Waals surface area contributed by atoms with Gasteiger partial charge in [-0.15, -0.1) is 0 Å². The molecule has 0 saturated carbocycles. The first kappa shape index (κ1) is 14.7. The van der Waals surface area contributed by atoms with Gasteiger partial charge in [0.1, 0.15) is 17.9 Å². The highest BCUT2D eigenvalue weighted by atomic mass is 16.6. The Morgan fingerprint density at radius 1 is 1.24 bits per heavy atom. The van der Waals surface area contributed by atoms with Crippen LogP contribution >= 0.6 is 0 Å². The Kier molecular flexibility index (Phi) is 3.99. The van der Waals surface area contributed by atoms with E-state index < -0.39 is 4.92 Å². The Morgan fingerprint density at radius 2 is 1.95 bits per heavy atom. The fraction of sp³-hybridized carbons (Fsp3) is 0.231. The fourth-order valence-corrected chi connectivity index (χ4v) is 1.87. The van der Waals surface area contributed by atoms with Crippen LogP contribution < -0.4 is 16.0 Å². The molecule has 0 spiro atoms. The van der Waals surface area contributed by atoms with Gasteiger partial charge in [0, 0.05) is 11.6 Å². The van der Waals surface area contributed by atoms with Gasteiger partial charge in [-0.1, -0.05) is 0 Å². The normalized spacial score (nSPS) is 10.3. The fourth-order valence-electron chi connectivity index (χ4n) is 1.87. The van der Waals surface area contributed by atoms with E-state index >= 15 is 0 Å². The van der Waals surface area contributed by atoms with Crippen LogP contribution in [0.15, 0.2) is 18.5 Å². The maximum atomic E-state index is 10.9. The van der Waals surface area contributed by atoms with E-state index in [0.717, 1.165) is 0 Å². The minimum Gasteiger partial charge on any atom is -0.438 e. The number of nitrogens with zero attached hydrogens (tertiary/aromatic N) is 3. The molecule has 3 N–H and O–H groups in total. The van der Waals surface area contributed by atoms with E-state index in [1.807, 2.05) is 0 Å². The highest BCUT2D eigenvalue weighted by Gasteiger charge is 2.16. The molecule has 0 saturated heterocycles. The highest BCUT2D eigenvalue weighted by molar-refractivity contribution is 5.52. The van der Waals surface area contributed by atoms with E-state index in [1.165, 1.54) is 12.4 Å². The lowest BCUT2D eigenvalue weighted by molar-refractivity contribution is -0.385. The summed E-state index contributed by atoms with van der Waals surface area (Å²) in [5, 5.41) is 10.9. The highest BCUT2D eigenvalue weighted by Crippen LogP contribution is 2.32. The van der Waals surface area contributed by atoms with Crippen LogP contribution in [0.4, 0.5) is 11.5 Å². The van der Waals surface area contributed by atoms with E-state index in [-0.39, 0.29) is 5.69 Å². The summed E-state index contributed by atoms with van der Waals surface area (Å²) < 4.78 is 5.73. The number of hydrazine groups is 1. The molecule has 0 radical (unpaired) electrons. The molecular formula is C13H15N5O3. The van der Waals surface area contributed by atoms with Crippen molar-refractivity contribution >= 4 is 11.5 Å². The number of aryl methyl sites for hydroxylation is 2. The number of aromatic nitrogens is 2. The largest absolute Gasteiger partial charge is 0.438 e. The summed E-state index contributed by atoms with van der Waals surface area (Å²) in [6.07, 6.45) is 1.32. The van der Waals surface area contributed by atoms with E-state index in [9.17, 15) is 10.1 Å². The van der Waals surface area contributed by atoms with Gasteiger partial charge in [0.25, 0.3) is 5.69 Å². The van der Waals surface area contributed by atoms with Gasteiger partial charge in [-0.2, -0.15) is 0 Å². The van der Waals surface area contributed by atoms with Gasteiger partial charge in [-0.3, -0.25) is 10.1 Å². The molecule has 1 aromatic carbocycles. The predicted molar refractivity (Wildman–Crippen MR) is 77.2 cm³/mol. The third-order valence-electron chi connectivity index (χ3n) is 3.07. The van der Waals surface area contributed by atoms with Crippen molar-refractivity contribution in [2.24, 2.45) is 5.84 Å². The van der Waals surface area contributed by atoms with Crippen LogP contribution in [0.3, 0.4) is 0 Å². The number of nitrogen functional groups attached to an aromatic ring is 1. The molecule has 2 rings (SSSR count). The number of anilines is 1. The van der Waals surface area contributed by atoms with Crippen LogP contribution in [0.5, 0.6) is 11.6 Å². The van der Waals surface area contributed by atoms with Crippen molar-refractivity contribution in [2.45, 2.75) is 20.8 Å². The average molecular weight is 289 g/mol. The number of benzene rings is 1. The molecule has 0 atom stereocenters. The third-order valence-corrected chi connectivity index (χ3v) is 3.07. The molecule has 110 valence electrons. The standard InChI is InChI=1S/C13H15N5O3/c1-7-5-11(8(2)4-10(7)18(19)20)21-13-9(3)12(17-14)15-6-16-13/h4-6H,14H2,1-3H3,(H,15,16,17). The van der Waals surface area contributed by atoms with Crippen molar-refractivity contribution in [1.29, 1.82) is 0 Å². The molecule has 0 aliphatic heterocycles. The van der Waals surface area contributed by atoms with E-state index in [0.29, 0.717) is 34.1 Å². The second kappa shape index (κ2) is 5.71. The van der Waals surface area contributed by atoms with Gasteiger partial charge >= 0.3 is 0 Å². The Bertz CT molecular complexity index is 702. The van der Waals surface area contributed by atoms with Crippen LogP contribution in [-0.4, -0.2) is 14.9 Å². The summed E-state index contributed by atoms with van der Waals surface area (Å²) in [4.78, 5) is 18.5. The number of nitrogens with one attached hydrogen (secondary N) is 1. The van der Waals surface area contributed by atoms with Crippen LogP contribution in [0, 0.1) is 30.9 Å². The molecule has 1 aromatic heterocycles. The SMILES string of the molecule is Cc1cc([N+](=O)[O-])c(C)cc1Oc1ncnc(NN)c1C. The Labute approximate surface area is 121 Å². The van der Waals surface area contributed by atoms with Crippen molar-refractivity contribution in [3.63, 3.8) is 0 Å². The maximum Gasteiger partial charge on any atom is 0.272 e. The monoisotopic (exact) mass is 289 g/mol. The molecule has 0 unspecified atom stereocenters. The number of ether oxygens (including phenoxy) is 1. The lowest BCUT2D eigenvalue weighted by atomic mass is 10.1. The van der Waals surface area contributed by atoms with Gasteiger partial charge in [0.2, 0.25) is 5.88 Å². The Balaban J connectivity index is 2.41. The lowest BCUT2D eigenvalue weighted by Crippen LogP contribution is -2.11. The summed E-state index contributed by atoms with van der Waals surface area (Å²) in [7, 11) is 0. The first-order valence-electron chi connectivity index (χ1n) is 6.15. The molecule has 0 bridgehead atoms. The number of hydrogen-bond donors (Lipinski definition) is 2. The predicted octanol–water partition coefficient (Wildman–Crippen LogP) is 2.39. The van der Waals surface area contributed by atoms with Gasteiger partial charge in [0.15, 0.2) is 0 Å². The first-order chi connectivity index (χ1) is 9.93. The molecule has 21 heavy (non-hydrogen) atoms. The zero-order chi connectivity index (χ0) is 15.6. The second-order valence-corrected chi connectivity index (χ2v) is 4.56. The number of nitro benzene ring substituents is 1. The van der Waals surface area contributed by atoms with Crippen molar-refractivity contribution in [1.82, 2.24) is 9.97 Å². The average Bonchev–Trinajstić information content (AvgIpc) is 2.44. The molecule has 0 aliphatic rings. The van der Waals surface area contributed by atoms with Gasteiger partial charge in [0.05, 0.1) is 10.5 Å². The number of rotatable bonds is 4. The molecular weight excluding hydrogens is 274 g/mol. The number of nitrogens with two attached hydrogens (primary N) is 1. The minimum absolute atomic E-state index is 0.0589. The Morgan fingerprint density at radius 3 is 2.57 bits per heavy atom. The van der Waals surface area contributed by atoms with E-state index in [4.69, 9.17) is 10.6 Å². The summed E-state index contributed by atoms with van der Waals surface area (Å²) in [5.41, 5.74) is 4.32. The lowest BCUT2D eigenvalue weighted by Gasteiger charge is -2.12. The quantitative estimate of drug-likeness (QED) is 0.504. The summed E-state index contributed by atoms with van der Waals surface area (Å²) >= 11 is 0. The second-order valence-electron chi connectivity index (χ2n) is 4.56. The van der Waals surface area contributed by atoms with E-state index in [1.54, 1.807) is 26.8 Å². The first-order valence-corrected chi connectivity index (χ1v) is 6.15. The van der Waals surface area contributed by atoms with E-state index in [2.05, 4.69) is 15.4 Å². The smallest absolute Gasteiger partial charge is 0.272 e. The maximum absolute atomic E-state index is 10.9. The zero-order valence-corrected chi connectivity index (χ0v) is 11.9. The molecule has 8 nitrogen and oxygen atoms in total. The van der Waals surface area contributed by atoms with Crippen LogP contribution in [0.1, 0.15) is 16.7 Å².